The van der Waals surface area contributed by atoms with E-state index in [4.69, 9.17) is 4.74 Å². The van der Waals surface area contributed by atoms with E-state index in [1.54, 1.807) is 13.8 Å². The van der Waals surface area contributed by atoms with Gasteiger partial charge in [0.05, 0.1) is 29.8 Å². The van der Waals surface area contributed by atoms with Gasteiger partial charge in [-0.25, -0.2) is 8.42 Å². The van der Waals surface area contributed by atoms with Gasteiger partial charge in [-0.15, -0.1) is 0 Å². The molecule has 0 unspecified atom stereocenters. The lowest BCUT2D eigenvalue weighted by atomic mass is 10.1. The van der Waals surface area contributed by atoms with E-state index in [0.717, 1.165) is 22.5 Å². The zero-order chi connectivity index (χ0) is 24.9. The fourth-order valence-corrected chi connectivity index (χ4v) is 5.39. The van der Waals surface area contributed by atoms with Crippen molar-refractivity contribution in [3.8, 4) is 5.75 Å². The molecule has 1 aromatic heterocycles. The lowest BCUT2D eigenvalue weighted by molar-refractivity contribution is 0.0947. The Hall–Kier alpha value is -3.17. The first-order chi connectivity index (χ1) is 16.2. The van der Waals surface area contributed by atoms with Crippen LogP contribution in [-0.2, 0) is 23.1 Å². The summed E-state index contributed by atoms with van der Waals surface area (Å²) >= 11 is 0. The van der Waals surface area contributed by atoms with Crippen LogP contribution in [0.25, 0.3) is 0 Å². The van der Waals surface area contributed by atoms with Crippen LogP contribution in [0.4, 0.5) is 0 Å². The Morgan fingerprint density at radius 2 is 1.76 bits per heavy atom. The van der Waals surface area contributed by atoms with Crippen molar-refractivity contribution >= 4 is 15.9 Å². The Kier molecular flexibility index (Phi) is 8.11. The van der Waals surface area contributed by atoms with Gasteiger partial charge in [-0.3, -0.25) is 9.48 Å². The summed E-state index contributed by atoms with van der Waals surface area (Å²) in [5.74, 6) is -0.104. The van der Waals surface area contributed by atoms with E-state index in [2.05, 4.69) is 10.4 Å². The molecule has 0 saturated heterocycles. The number of amides is 1. The van der Waals surface area contributed by atoms with Gasteiger partial charge in [0.1, 0.15) is 5.75 Å². The van der Waals surface area contributed by atoms with Gasteiger partial charge in [0.2, 0.25) is 10.0 Å². The van der Waals surface area contributed by atoms with Crippen molar-refractivity contribution in [2.75, 3.05) is 20.2 Å². The average molecular weight is 485 g/mol. The fraction of sp³-hybridized carbons (Fsp3) is 0.360. The van der Waals surface area contributed by atoms with Crippen LogP contribution in [-0.4, -0.2) is 48.6 Å². The number of benzene rings is 2. The molecule has 1 amide bonds. The predicted molar refractivity (Wildman–Crippen MR) is 132 cm³/mol. The topological polar surface area (TPSA) is 93.5 Å². The number of aromatic nitrogens is 2. The lowest BCUT2D eigenvalue weighted by Crippen LogP contribution is -2.31. The summed E-state index contributed by atoms with van der Waals surface area (Å²) in [5.41, 5.74) is 4.03. The van der Waals surface area contributed by atoms with E-state index in [-0.39, 0.29) is 17.0 Å². The third-order valence-corrected chi connectivity index (χ3v) is 7.94. The van der Waals surface area contributed by atoms with Crippen molar-refractivity contribution in [2.45, 2.75) is 45.7 Å². The number of aryl methyl sites for hydroxylation is 1. The number of hydrogen-bond acceptors (Lipinski definition) is 5. The van der Waals surface area contributed by atoms with Crippen LogP contribution < -0.4 is 10.1 Å². The summed E-state index contributed by atoms with van der Waals surface area (Å²) in [5, 5.41) is 7.53. The molecule has 0 aliphatic heterocycles. The normalized spacial score (nSPS) is 11.6. The maximum Gasteiger partial charge on any atom is 0.255 e. The number of carbonyl (C=O) groups is 1. The molecule has 8 nitrogen and oxygen atoms in total. The van der Waals surface area contributed by atoms with Gasteiger partial charge in [0.25, 0.3) is 5.91 Å². The minimum Gasteiger partial charge on any atom is -0.496 e. The van der Waals surface area contributed by atoms with Gasteiger partial charge in [0, 0.05) is 30.9 Å². The van der Waals surface area contributed by atoms with Crippen LogP contribution in [0.5, 0.6) is 5.75 Å². The van der Waals surface area contributed by atoms with Gasteiger partial charge in [-0.1, -0.05) is 44.2 Å². The van der Waals surface area contributed by atoms with Crippen LogP contribution in [0.15, 0.2) is 53.4 Å². The molecule has 2 aromatic carbocycles. The Labute approximate surface area is 201 Å². The number of nitrogens with zero attached hydrogens (tertiary/aromatic N) is 3. The summed E-state index contributed by atoms with van der Waals surface area (Å²) < 4.78 is 34.5. The highest BCUT2D eigenvalue weighted by atomic mass is 32.2. The lowest BCUT2D eigenvalue weighted by Gasteiger charge is -2.19. The monoisotopic (exact) mass is 484 g/mol. The van der Waals surface area contributed by atoms with Crippen molar-refractivity contribution in [1.82, 2.24) is 19.4 Å². The summed E-state index contributed by atoms with van der Waals surface area (Å²) in [7, 11) is -2.25. The maximum atomic E-state index is 13.1. The maximum absolute atomic E-state index is 13.1. The summed E-state index contributed by atoms with van der Waals surface area (Å²) in [6.07, 6.45) is 0. The highest BCUT2D eigenvalue weighted by Gasteiger charge is 2.24. The first kappa shape index (κ1) is 25.5. The summed E-state index contributed by atoms with van der Waals surface area (Å²) in [6, 6.07) is 14.4. The smallest absolute Gasteiger partial charge is 0.255 e. The molecule has 9 heteroatoms. The van der Waals surface area contributed by atoms with Crippen LogP contribution >= 0.6 is 0 Å². The minimum absolute atomic E-state index is 0.0604. The Balaban J connectivity index is 1.82. The molecule has 0 aliphatic carbocycles. The third kappa shape index (κ3) is 5.31. The summed E-state index contributed by atoms with van der Waals surface area (Å²) in [4.78, 5) is 13.1. The SMILES string of the molecule is CCN(CC)S(=O)(=O)c1ccc(OC)c(C(=O)NCc2c(C)nn(Cc3ccccc3)c2C)c1. The molecule has 182 valence electrons. The number of carbonyl (C=O) groups excluding carboxylic acids is 1. The molecular formula is C25H32N4O4S. The van der Waals surface area contributed by atoms with Crippen molar-refractivity contribution < 1.29 is 17.9 Å². The molecule has 0 aliphatic rings. The van der Waals surface area contributed by atoms with Crippen LogP contribution in [0.2, 0.25) is 0 Å². The minimum atomic E-state index is -3.70. The highest BCUT2D eigenvalue weighted by Crippen LogP contribution is 2.25. The first-order valence-electron chi connectivity index (χ1n) is 11.3. The first-order valence-corrected chi connectivity index (χ1v) is 12.7. The second-order valence-corrected chi connectivity index (χ2v) is 9.86. The molecule has 0 fully saturated rings. The van der Waals surface area contributed by atoms with Crippen LogP contribution in [0, 0.1) is 13.8 Å². The van der Waals surface area contributed by atoms with Gasteiger partial charge in [0.15, 0.2) is 0 Å². The van der Waals surface area contributed by atoms with E-state index in [0.29, 0.717) is 25.4 Å². The molecule has 0 bridgehead atoms. The van der Waals surface area contributed by atoms with Crippen LogP contribution in [0.1, 0.15) is 46.7 Å². The quantitative estimate of drug-likeness (QED) is 0.475. The third-order valence-electron chi connectivity index (χ3n) is 5.89. The molecule has 0 saturated carbocycles. The number of hydrogen-bond donors (Lipinski definition) is 1. The molecule has 1 N–H and O–H groups in total. The highest BCUT2D eigenvalue weighted by molar-refractivity contribution is 7.89. The zero-order valence-corrected chi connectivity index (χ0v) is 21.1. The number of sulfonamides is 1. The molecule has 1 heterocycles. The zero-order valence-electron chi connectivity index (χ0n) is 20.3. The Morgan fingerprint density at radius 3 is 2.38 bits per heavy atom. The molecule has 3 aromatic rings. The van der Waals surface area contributed by atoms with E-state index < -0.39 is 15.9 Å². The van der Waals surface area contributed by atoms with Gasteiger partial charge < -0.3 is 10.1 Å². The summed E-state index contributed by atoms with van der Waals surface area (Å²) in [6.45, 7) is 9.04. The number of rotatable bonds is 10. The van der Waals surface area contributed by atoms with Gasteiger partial charge in [-0.05, 0) is 37.6 Å². The Bertz CT molecular complexity index is 1250. The largest absolute Gasteiger partial charge is 0.496 e. The molecular weight excluding hydrogens is 452 g/mol. The molecule has 34 heavy (non-hydrogen) atoms. The van der Waals surface area contributed by atoms with Crippen LogP contribution in [0.3, 0.4) is 0 Å². The van der Waals surface area contributed by atoms with Crippen molar-refractivity contribution in [2.24, 2.45) is 0 Å². The molecule has 0 radical (unpaired) electrons. The molecule has 3 rings (SSSR count). The molecule has 0 spiro atoms. The van der Waals surface area contributed by atoms with Crippen molar-refractivity contribution in [3.63, 3.8) is 0 Å². The predicted octanol–water partition coefficient (Wildman–Crippen LogP) is 3.52. The number of nitrogens with one attached hydrogen (secondary N) is 1. The molecule has 0 atom stereocenters. The van der Waals surface area contributed by atoms with E-state index in [1.807, 2.05) is 48.9 Å². The average Bonchev–Trinajstić information content (AvgIpc) is 3.10. The second-order valence-electron chi connectivity index (χ2n) is 7.93. The van der Waals surface area contributed by atoms with E-state index >= 15 is 0 Å². The standard InChI is InChI=1S/C25H32N4O4S/c1-6-28(7-2)34(31,32)21-13-14-24(33-5)22(15-21)25(30)26-16-23-18(3)27-29(19(23)4)17-20-11-9-8-10-12-20/h8-15H,6-7,16-17H2,1-5H3,(H,26,30). The fourth-order valence-electron chi connectivity index (χ4n) is 3.90. The van der Waals surface area contributed by atoms with Gasteiger partial charge >= 0.3 is 0 Å². The van der Waals surface area contributed by atoms with Gasteiger partial charge in [-0.2, -0.15) is 9.40 Å². The van der Waals surface area contributed by atoms with E-state index in [9.17, 15) is 13.2 Å². The van der Waals surface area contributed by atoms with Crippen molar-refractivity contribution in [1.29, 1.82) is 0 Å². The Morgan fingerprint density at radius 1 is 1.09 bits per heavy atom. The second kappa shape index (κ2) is 10.8. The van der Waals surface area contributed by atoms with Crippen molar-refractivity contribution in [3.05, 3.63) is 76.6 Å². The van der Waals surface area contributed by atoms with E-state index in [1.165, 1.54) is 29.6 Å². The number of ether oxygens (including phenoxy) is 1. The number of methoxy groups -OCH3 is 1.